The number of halogens is 1. The van der Waals surface area contributed by atoms with Crippen LogP contribution in [0.15, 0.2) is 61.1 Å². The van der Waals surface area contributed by atoms with Gasteiger partial charge in [0.25, 0.3) is 5.91 Å². The van der Waals surface area contributed by atoms with E-state index >= 15 is 0 Å². The van der Waals surface area contributed by atoms with E-state index in [-0.39, 0.29) is 23.7 Å². The van der Waals surface area contributed by atoms with Crippen LogP contribution in [0.1, 0.15) is 35.8 Å². The van der Waals surface area contributed by atoms with E-state index in [0.717, 1.165) is 41.7 Å². The topological polar surface area (TPSA) is 74.3 Å². The van der Waals surface area contributed by atoms with Crippen LogP contribution in [0, 0.1) is 11.7 Å². The van der Waals surface area contributed by atoms with E-state index in [4.69, 9.17) is 4.74 Å². The van der Waals surface area contributed by atoms with Gasteiger partial charge in [-0.1, -0.05) is 19.1 Å². The Kier molecular flexibility index (Phi) is 6.69. The van der Waals surface area contributed by atoms with Crippen molar-refractivity contribution in [2.24, 2.45) is 5.92 Å². The van der Waals surface area contributed by atoms with Crippen molar-refractivity contribution < 1.29 is 13.9 Å². The van der Waals surface area contributed by atoms with Crippen LogP contribution in [0.4, 0.5) is 4.39 Å². The Labute approximate surface area is 209 Å². The number of amides is 1. The minimum atomic E-state index is -0.319. The van der Waals surface area contributed by atoms with Gasteiger partial charge in [-0.3, -0.25) is 14.9 Å². The molecule has 36 heavy (non-hydrogen) atoms. The molecule has 4 aromatic rings. The highest BCUT2D eigenvalue weighted by Gasteiger charge is 2.39. The maximum Gasteiger partial charge on any atom is 0.254 e. The summed E-state index contributed by atoms with van der Waals surface area (Å²) in [5, 5.41) is 8.21. The largest absolute Gasteiger partial charge is 0.493 e. The third-order valence-corrected chi connectivity index (χ3v) is 6.98. The van der Waals surface area contributed by atoms with Crippen molar-refractivity contribution in [3.63, 3.8) is 0 Å². The van der Waals surface area contributed by atoms with Crippen LogP contribution >= 0.6 is 0 Å². The summed E-state index contributed by atoms with van der Waals surface area (Å²) in [6.45, 7) is 7.26. The molecule has 1 fully saturated rings. The van der Waals surface area contributed by atoms with Gasteiger partial charge in [-0.05, 0) is 49.4 Å². The summed E-state index contributed by atoms with van der Waals surface area (Å²) >= 11 is 0. The summed E-state index contributed by atoms with van der Waals surface area (Å²) in [5.74, 6) is 0.392. The fraction of sp³-hybridized carbons (Fsp3) is 0.321. The van der Waals surface area contributed by atoms with Crippen LogP contribution in [-0.2, 0) is 0 Å². The Morgan fingerprint density at radius 2 is 2.03 bits per heavy atom. The number of carbonyl (C=O) groups is 1. The first-order valence-corrected chi connectivity index (χ1v) is 12.3. The summed E-state index contributed by atoms with van der Waals surface area (Å²) in [6.07, 6.45) is 5.37. The maximum atomic E-state index is 13.9. The molecule has 1 atom stereocenters. The Morgan fingerprint density at radius 1 is 1.19 bits per heavy atom. The lowest BCUT2D eigenvalue weighted by Crippen LogP contribution is -2.53. The van der Waals surface area contributed by atoms with Crippen LogP contribution < -0.4 is 4.74 Å². The summed E-state index contributed by atoms with van der Waals surface area (Å²) < 4.78 is 19.8. The lowest BCUT2D eigenvalue weighted by atomic mass is 9.85. The number of nitrogens with zero attached hydrogens (tertiary/aromatic N) is 4. The molecular formula is C28H30FN5O2. The average Bonchev–Trinajstić information content (AvgIpc) is 3.35. The zero-order valence-corrected chi connectivity index (χ0v) is 20.7. The van der Waals surface area contributed by atoms with Gasteiger partial charge in [0.15, 0.2) is 0 Å². The van der Waals surface area contributed by atoms with E-state index in [1.807, 2.05) is 37.2 Å². The Hall–Kier alpha value is -3.78. The van der Waals surface area contributed by atoms with Crippen LogP contribution in [0.3, 0.4) is 0 Å². The van der Waals surface area contributed by atoms with Crippen LogP contribution in [-0.4, -0.2) is 64.2 Å². The van der Waals surface area contributed by atoms with E-state index in [1.54, 1.807) is 30.6 Å². The molecule has 0 unspecified atom stereocenters. The second kappa shape index (κ2) is 10.1. The van der Waals surface area contributed by atoms with Crippen molar-refractivity contribution in [3.05, 3.63) is 78.0 Å². The number of nitrogens with one attached hydrogen (secondary N) is 1. The fourth-order valence-corrected chi connectivity index (χ4v) is 5.11. The van der Waals surface area contributed by atoms with Crippen molar-refractivity contribution in [1.82, 2.24) is 25.0 Å². The summed E-state index contributed by atoms with van der Waals surface area (Å²) in [7, 11) is 1.84. The van der Waals surface area contributed by atoms with E-state index in [9.17, 15) is 9.18 Å². The third-order valence-electron chi connectivity index (χ3n) is 6.98. The van der Waals surface area contributed by atoms with Gasteiger partial charge in [0.1, 0.15) is 11.6 Å². The molecule has 8 heteroatoms. The molecule has 0 radical (unpaired) electrons. The highest BCUT2D eigenvalue weighted by molar-refractivity contribution is 5.96. The first-order valence-electron chi connectivity index (χ1n) is 12.3. The first kappa shape index (κ1) is 23.9. The molecular weight excluding hydrogens is 457 g/mol. The number of likely N-dealkylation sites (tertiary alicyclic amines) is 1. The zero-order valence-electron chi connectivity index (χ0n) is 20.7. The molecule has 1 aliphatic heterocycles. The number of benzene rings is 2. The number of ether oxygens (including phenoxy) is 1. The number of hydrogen-bond acceptors (Lipinski definition) is 5. The summed E-state index contributed by atoms with van der Waals surface area (Å²) in [4.78, 5) is 22.4. The lowest BCUT2D eigenvalue weighted by Gasteiger charge is -2.46. The molecule has 1 aliphatic rings. The van der Waals surface area contributed by atoms with Crippen molar-refractivity contribution in [2.45, 2.75) is 19.9 Å². The predicted molar refractivity (Wildman–Crippen MR) is 137 cm³/mol. The Morgan fingerprint density at radius 3 is 2.78 bits per heavy atom. The minimum Gasteiger partial charge on any atom is -0.493 e. The molecule has 0 spiro atoms. The summed E-state index contributed by atoms with van der Waals surface area (Å²) in [6, 6.07) is 11.6. The third kappa shape index (κ3) is 4.44. The highest BCUT2D eigenvalue weighted by Crippen LogP contribution is 2.38. The van der Waals surface area contributed by atoms with E-state index in [2.05, 4.69) is 27.0 Å². The number of fused-ring (bicyclic) bond motifs is 1. The van der Waals surface area contributed by atoms with Crippen molar-refractivity contribution in [1.29, 1.82) is 0 Å². The number of hydrogen-bond donors (Lipinski definition) is 1. The smallest absolute Gasteiger partial charge is 0.254 e. The minimum absolute atomic E-state index is 0.113. The van der Waals surface area contributed by atoms with Gasteiger partial charge in [0.2, 0.25) is 0 Å². The molecule has 186 valence electrons. The van der Waals surface area contributed by atoms with Gasteiger partial charge in [0.05, 0.1) is 24.4 Å². The average molecular weight is 488 g/mol. The molecule has 0 aliphatic carbocycles. The summed E-state index contributed by atoms with van der Waals surface area (Å²) in [5.41, 5.74) is 3.83. The zero-order chi connectivity index (χ0) is 25.2. The first-order chi connectivity index (χ1) is 17.5. The van der Waals surface area contributed by atoms with Gasteiger partial charge in [0, 0.05) is 60.5 Å². The molecule has 1 saturated heterocycles. The molecule has 2 aromatic heterocycles. The number of rotatable bonds is 8. The second-order valence-electron chi connectivity index (χ2n) is 9.19. The predicted octanol–water partition coefficient (Wildman–Crippen LogP) is 4.93. The number of pyridine rings is 1. The second-order valence-corrected chi connectivity index (χ2v) is 9.19. The maximum absolute atomic E-state index is 13.9. The van der Waals surface area contributed by atoms with Crippen molar-refractivity contribution >= 4 is 16.8 Å². The number of aromatic nitrogens is 3. The molecule has 7 nitrogen and oxygen atoms in total. The van der Waals surface area contributed by atoms with Crippen LogP contribution in [0.25, 0.3) is 22.0 Å². The SMILES string of the molecule is CCOc1cc(C(=O)N(C)[C@@H](c2cncc3cn[nH]c23)C2CN(CC)C2)ccc1-c1cccc(F)c1. The molecule has 0 bridgehead atoms. The van der Waals surface area contributed by atoms with Crippen LogP contribution in [0.5, 0.6) is 5.75 Å². The number of H-pyrrole nitrogens is 1. The number of carbonyl (C=O) groups excluding carboxylic acids is 1. The standard InChI is InChI=1S/C28H30FN5O2/c1-4-34-16-21(17-34)27(24-15-30-13-20-14-31-32-26(20)24)33(3)28(35)19-9-10-23(25(12-19)36-5-2)18-7-6-8-22(29)11-18/h6-15,21,27H,4-5,16-17H2,1-3H3,(H,31,32)/t27-/m1/s1. The van der Waals surface area contributed by atoms with E-state index in [0.29, 0.717) is 23.5 Å². The fourth-order valence-electron chi connectivity index (χ4n) is 5.11. The van der Waals surface area contributed by atoms with E-state index < -0.39 is 0 Å². The normalized spacial score (nSPS) is 15.0. The van der Waals surface area contributed by atoms with Gasteiger partial charge >= 0.3 is 0 Å². The molecule has 2 aromatic carbocycles. The molecule has 0 saturated carbocycles. The molecule has 1 N–H and O–H groups in total. The molecule has 5 rings (SSSR count). The van der Waals surface area contributed by atoms with Gasteiger partial charge < -0.3 is 14.5 Å². The molecule has 1 amide bonds. The van der Waals surface area contributed by atoms with E-state index in [1.165, 1.54) is 12.1 Å². The lowest BCUT2D eigenvalue weighted by molar-refractivity contribution is 0.0285. The van der Waals surface area contributed by atoms with Gasteiger partial charge in [-0.25, -0.2) is 4.39 Å². The van der Waals surface area contributed by atoms with Gasteiger partial charge in [-0.2, -0.15) is 5.10 Å². The van der Waals surface area contributed by atoms with Crippen molar-refractivity contribution in [2.75, 3.05) is 33.3 Å². The number of aromatic amines is 1. The van der Waals surface area contributed by atoms with Crippen LogP contribution in [0.2, 0.25) is 0 Å². The Balaban J connectivity index is 1.50. The monoisotopic (exact) mass is 487 g/mol. The quantitative estimate of drug-likeness (QED) is 0.382. The van der Waals surface area contributed by atoms with Gasteiger partial charge in [-0.15, -0.1) is 0 Å². The molecule has 3 heterocycles. The van der Waals surface area contributed by atoms with Crippen molar-refractivity contribution in [3.8, 4) is 16.9 Å². The Bertz CT molecular complexity index is 1380. The highest BCUT2D eigenvalue weighted by atomic mass is 19.1.